The average molecular weight is 732 g/mol. The Bertz CT molecular complexity index is 1890. The van der Waals surface area contributed by atoms with Gasteiger partial charge < -0.3 is 0 Å². The van der Waals surface area contributed by atoms with Gasteiger partial charge in [0.05, 0.1) is 0 Å². The first-order valence-corrected chi connectivity index (χ1v) is 18.9. The van der Waals surface area contributed by atoms with E-state index in [4.69, 9.17) is 0 Å². The molecule has 0 bridgehead atoms. The number of aryl methyl sites for hydroxylation is 2. The number of hydrogen-bond acceptors (Lipinski definition) is 4. The number of H-pyrrole nitrogens is 1. The molecule has 3 aromatic carbocycles. The number of benzene rings is 3. The van der Waals surface area contributed by atoms with E-state index in [0.29, 0.717) is 15.5 Å². The van der Waals surface area contributed by atoms with Crippen molar-refractivity contribution in [2.75, 3.05) is 0 Å². The minimum atomic E-state index is -3.93. The molecule has 5 rings (SSSR count). The Hall–Kier alpha value is -2.92. The number of rotatable bonds is 11. The van der Waals surface area contributed by atoms with Crippen LogP contribution in [0, 0.1) is 13.8 Å². The zero-order valence-electron chi connectivity index (χ0n) is 23.1. The van der Waals surface area contributed by atoms with Crippen LogP contribution in [-0.2, 0) is 38.5 Å². The maximum atomic E-state index is 14.0. The van der Waals surface area contributed by atoms with Crippen molar-refractivity contribution in [1.82, 2.24) is 13.3 Å². The molecule has 11 heteroatoms. The number of aromatic nitrogens is 2. The van der Waals surface area contributed by atoms with E-state index in [1.54, 1.807) is 67.1 Å². The predicted octanol–water partition coefficient (Wildman–Crippen LogP) is 5.35. The SMILES string of the molecule is Cc1ccc(S(=O)(=O)N(Cc2cn(S(=O)(=O)c3ccc(C)cc3)cc2C[Se]c2ccccc2)Cc2cc[nH]c2Br)cc1. The van der Waals surface area contributed by atoms with Crippen LogP contribution in [0.15, 0.2) is 118 Å². The van der Waals surface area contributed by atoms with Gasteiger partial charge in [-0.2, -0.15) is 0 Å². The van der Waals surface area contributed by atoms with E-state index < -0.39 is 20.0 Å². The van der Waals surface area contributed by atoms with Gasteiger partial charge >= 0.3 is 263 Å². The summed E-state index contributed by atoms with van der Waals surface area (Å²) in [6.45, 7) is 3.91. The second-order valence-corrected chi connectivity index (χ2v) is 16.7. The van der Waals surface area contributed by atoms with Gasteiger partial charge in [-0.15, -0.1) is 0 Å². The molecule has 0 spiro atoms. The van der Waals surface area contributed by atoms with Gasteiger partial charge in [-0.25, -0.2) is 0 Å². The van der Waals surface area contributed by atoms with Crippen LogP contribution in [0.3, 0.4) is 0 Å². The quantitative estimate of drug-likeness (QED) is 0.186. The molecule has 0 atom stereocenters. The second kappa shape index (κ2) is 12.8. The van der Waals surface area contributed by atoms with Gasteiger partial charge in [0.25, 0.3) is 0 Å². The Balaban J connectivity index is 1.57. The van der Waals surface area contributed by atoms with Crippen molar-refractivity contribution in [2.45, 2.75) is 42.0 Å². The van der Waals surface area contributed by atoms with E-state index in [1.807, 2.05) is 38.1 Å². The molecule has 0 aliphatic rings. The zero-order chi connectivity index (χ0) is 29.9. The fourth-order valence-corrected chi connectivity index (χ4v) is 9.40. The molecule has 0 saturated carbocycles. The van der Waals surface area contributed by atoms with Crippen LogP contribution in [0.1, 0.15) is 27.8 Å². The molecule has 2 aromatic heterocycles. The van der Waals surface area contributed by atoms with Crippen LogP contribution in [0.2, 0.25) is 0 Å². The van der Waals surface area contributed by atoms with E-state index in [0.717, 1.165) is 22.3 Å². The third-order valence-electron chi connectivity index (χ3n) is 6.84. The van der Waals surface area contributed by atoms with Crippen LogP contribution in [0.4, 0.5) is 0 Å². The Morgan fingerprint density at radius 1 is 0.738 bits per heavy atom. The van der Waals surface area contributed by atoms with E-state index in [1.165, 1.54) is 12.7 Å². The standard InChI is InChI=1S/C31H30BrN3O4S2Se/c1-23-8-12-28(13-9-23)40(36,37)34(18-25-16-17-33-31(25)32)19-26-20-35(41(38,39)29-14-10-24(2)11-15-29)21-27(26)22-42-30-6-4-3-5-7-30/h3-17,20-21,33H,18-19,22H2,1-2H3. The first-order valence-electron chi connectivity index (χ1n) is 13.1. The van der Waals surface area contributed by atoms with Crippen molar-refractivity contribution in [1.29, 1.82) is 0 Å². The Labute approximate surface area is 262 Å². The van der Waals surface area contributed by atoms with Gasteiger partial charge in [0.15, 0.2) is 0 Å². The summed E-state index contributed by atoms with van der Waals surface area (Å²) in [5, 5.41) is 0.606. The molecule has 218 valence electrons. The van der Waals surface area contributed by atoms with Gasteiger partial charge in [0.1, 0.15) is 0 Å². The van der Waals surface area contributed by atoms with Crippen LogP contribution in [-0.4, -0.2) is 45.1 Å². The maximum absolute atomic E-state index is 14.0. The third-order valence-corrected chi connectivity index (χ3v) is 13.2. The van der Waals surface area contributed by atoms with Gasteiger partial charge in [-0.05, 0) is 0 Å². The minimum absolute atomic E-state index is 0.00442. The predicted molar refractivity (Wildman–Crippen MR) is 170 cm³/mol. The Morgan fingerprint density at radius 3 is 1.90 bits per heavy atom. The van der Waals surface area contributed by atoms with Crippen LogP contribution in [0.25, 0.3) is 0 Å². The van der Waals surface area contributed by atoms with Gasteiger partial charge in [0.2, 0.25) is 0 Å². The van der Waals surface area contributed by atoms with Crippen molar-refractivity contribution >= 4 is 55.4 Å². The summed E-state index contributed by atoms with van der Waals surface area (Å²) >= 11 is 3.50. The van der Waals surface area contributed by atoms with E-state index in [2.05, 4.69) is 33.0 Å². The third kappa shape index (κ3) is 6.83. The van der Waals surface area contributed by atoms with Crippen molar-refractivity contribution in [3.8, 4) is 0 Å². The van der Waals surface area contributed by atoms with E-state index in [9.17, 15) is 16.8 Å². The van der Waals surface area contributed by atoms with Gasteiger partial charge in [0, 0.05) is 0 Å². The van der Waals surface area contributed by atoms with Crippen molar-refractivity contribution in [2.24, 2.45) is 0 Å². The number of nitrogens with one attached hydrogen (secondary N) is 1. The zero-order valence-corrected chi connectivity index (χ0v) is 28.0. The van der Waals surface area contributed by atoms with Crippen molar-refractivity contribution < 1.29 is 16.8 Å². The van der Waals surface area contributed by atoms with Crippen molar-refractivity contribution in [3.05, 3.63) is 136 Å². The molecule has 1 N–H and O–H groups in total. The number of hydrogen-bond donors (Lipinski definition) is 1. The van der Waals surface area contributed by atoms with Crippen LogP contribution < -0.4 is 4.46 Å². The molecule has 42 heavy (non-hydrogen) atoms. The van der Waals surface area contributed by atoms with Crippen molar-refractivity contribution in [3.63, 3.8) is 0 Å². The average Bonchev–Trinajstić information content (AvgIpc) is 3.58. The Morgan fingerprint density at radius 2 is 1.31 bits per heavy atom. The summed E-state index contributed by atoms with van der Waals surface area (Å²) in [6.07, 6.45) is 4.95. The fourth-order valence-electron chi connectivity index (χ4n) is 4.40. The first-order chi connectivity index (χ1) is 20.0. The monoisotopic (exact) mass is 731 g/mol. The fraction of sp³-hybridized carbons (Fsp3) is 0.161. The molecule has 0 radical (unpaired) electrons. The topological polar surface area (TPSA) is 92.2 Å². The molecule has 0 unspecified atom stereocenters. The summed E-state index contributed by atoms with van der Waals surface area (Å²) in [5.74, 6) is 0. The summed E-state index contributed by atoms with van der Waals surface area (Å²) in [5.41, 5.74) is 4.13. The van der Waals surface area contributed by atoms with E-state index >= 15 is 0 Å². The molecular formula is C31H30BrN3O4S2Se. The normalized spacial score (nSPS) is 12.2. The molecule has 0 fully saturated rings. The molecule has 0 aliphatic heterocycles. The summed E-state index contributed by atoms with van der Waals surface area (Å²) in [4.78, 5) is 3.40. The van der Waals surface area contributed by atoms with E-state index in [-0.39, 0.29) is 37.8 Å². The molecule has 7 nitrogen and oxygen atoms in total. The first kappa shape index (κ1) is 30.5. The number of sulfonamides is 1. The van der Waals surface area contributed by atoms with Crippen LogP contribution >= 0.6 is 15.9 Å². The molecule has 0 saturated heterocycles. The molecule has 5 aromatic rings. The summed E-state index contributed by atoms with van der Waals surface area (Å²) in [6, 6.07) is 25.3. The molecule has 0 amide bonds. The summed E-state index contributed by atoms with van der Waals surface area (Å²) in [7, 11) is -7.81. The van der Waals surface area contributed by atoms with Crippen LogP contribution in [0.5, 0.6) is 0 Å². The van der Waals surface area contributed by atoms with Gasteiger partial charge in [-0.1, -0.05) is 0 Å². The number of aromatic amines is 1. The second-order valence-electron chi connectivity index (χ2n) is 9.96. The molecular weight excluding hydrogens is 701 g/mol. The molecule has 0 aliphatic carbocycles. The summed E-state index contributed by atoms with van der Waals surface area (Å²) < 4.78 is 59.8. The number of nitrogens with zero attached hydrogens (tertiary/aromatic N) is 2. The van der Waals surface area contributed by atoms with Gasteiger partial charge in [-0.3, -0.25) is 0 Å². The molecule has 2 heterocycles. The number of halogens is 1. The Kier molecular flexibility index (Phi) is 9.27.